The second-order valence-corrected chi connectivity index (χ2v) is 7.14. The molecule has 0 saturated heterocycles. The van der Waals surface area contributed by atoms with Crippen molar-refractivity contribution in [3.05, 3.63) is 50.8 Å². The van der Waals surface area contributed by atoms with E-state index < -0.39 is 5.97 Å². The lowest BCUT2D eigenvalue weighted by Gasteiger charge is -2.06. The number of aryl methyl sites for hydroxylation is 2. The summed E-state index contributed by atoms with van der Waals surface area (Å²) in [7, 11) is 0. The van der Waals surface area contributed by atoms with Crippen molar-refractivity contribution in [3.63, 3.8) is 0 Å². The van der Waals surface area contributed by atoms with Gasteiger partial charge < -0.3 is 9.67 Å². The molecule has 5 nitrogen and oxygen atoms in total. The number of carbonyl (C=O) groups is 2. The minimum Gasteiger partial charge on any atom is -0.480 e. The lowest BCUT2D eigenvalue weighted by molar-refractivity contribution is -0.137. The minimum absolute atomic E-state index is 0.147. The van der Waals surface area contributed by atoms with Crippen LogP contribution in [-0.2, 0) is 24.2 Å². The highest BCUT2D eigenvalue weighted by Gasteiger charge is 2.18. The van der Waals surface area contributed by atoms with Crippen molar-refractivity contribution in [1.82, 2.24) is 4.57 Å². The van der Waals surface area contributed by atoms with Crippen LogP contribution in [0.3, 0.4) is 0 Å². The molecule has 0 aliphatic heterocycles. The van der Waals surface area contributed by atoms with Crippen LogP contribution in [0.4, 0.5) is 0 Å². The third-order valence-corrected chi connectivity index (χ3v) is 5.38. The zero-order valence-electron chi connectivity index (χ0n) is 13.6. The summed E-state index contributed by atoms with van der Waals surface area (Å²) in [6.07, 6.45) is 5.10. The van der Waals surface area contributed by atoms with Crippen molar-refractivity contribution >= 4 is 23.2 Å². The van der Waals surface area contributed by atoms with E-state index in [1.807, 2.05) is 19.1 Å². The fraction of sp³-hybridized carbons (Fsp3) is 0.389. The van der Waals surface area contributed by atoms with E-state index in [0.717, 1.165) is 43.4 Å². The normalized spacial score (nSPS) is 15.0. The highest BCUT2D eigenvalue weighted by molar-refractivity contribution is 7.09. The van der Waals surface area contributed by atoms with Crippen LogP contribution in [0.25, 0.3) is 0 Å². The lowest BCUT2D eigenvalue weighted by Crippen LogP contribution is -2.23. The molecule has 1 aliphatic rings. The van der Waals surface area contributed by atoms with Crippen LogP contribution in [0.1, 0.15) is 45.8 Å². The van der Waals surface area contributed by atoms with Crippen molar-refractivity contribution in [2.24, 2.45) is 4.99 Å². The summed E-state index contributed by atoms with van der Waals surface area (Å²) in [6.45, 7) is 1.81. The Bertz CT molecular complexity index is 831. The second-order valence-electron chi connectivity index (χ2n) is 6.08. The summed E-state index contributed by atoms with van der Waals surface area (Å²) in [4.78, 5) is 29.6. The topological polar surface area (TPSA) is 71.7 Å². The van der Waals surface area contributed by atoms with E-state index >= 15 is 0 Å². The van der Waals surface area contributed by atoms with Gasteiger partial charge in [0.1, 0.15) is 6.54 Å². The quantitative estimate of drug-likeness (QED) is 0.870. The van der Waals surface area contributed by atoms with E-state index in [-0.39, 0.29) is 12.5 Å². The highest BCUT2D eigenvalue weighted by atomic mass is 32.1. The highest BCUT2D eigenvalue weighted by Crippen LogP contribution is 2.23. The van der Waals surface area contributed by atoms with Crippen molar-refractivity contribution in [3.8, 4) is 0 Å². The van der Waals surface area contributed by atoms with Gasteiger partial charge in [0, 0.05) is 16.1 Å². The molecule has 126 valence electrons. The lowest BCUT2D eigenvalue weighted by atomic mass is 10.1. The van der Waals surface area contributed by atoms with Gasteiger partial charge in [-0.05, 0) is 44.7 Å². The van der Waals surface area contributed by atoms with Gasteiger partial charge in [-0.25, -0.2) is 0 Å². The van der Waals surface area contributed by atoms with E-state index in [1.165, 1.54) is 16.2 Å². The molecule has 1 N–H and O–H groups in total. The maximum Gasteiger partial charge on any atom is 0.323 e. The van der Waals surface area contributed by atoms with Crippen LogP contribution in [-0.4, -0.2) is 21.6 Å². The summed E-state index contributed by atoms with van der Waals surface area (Å²) >= 11 is 1.46. The van der Waals surface area contributed by atoms with Crippen LogP contribution >= 0.6 is 11.3 Å². The fourth-order valence-electron chi connectivity index (χ4n) is 2.94. The summed E-state index contributed by atoms with van der Waals surface area (Å²) in [6, 6.07) is 7.25. The molecule has 1 heterocycles. The van der Waals surface area contributed by atoms with Gasteiger partial charge in [0.2, 0.25) is 0 Å². The number of thiazole rings is 1. The van der Waals surface area contributed by atoms with Gasteiger partial charge in [-0.1, -0.05) is 24.1 Å². The van der Waals surface area contributed by atoms with E-state index in [0.29, 0.717) is 10.4 Å². The number of hydrogen-bond donors (Lipinski definition) is 1. The number of nitrogens with zero attached hydrogens (tertiary/aromatic N) is 2. The smallest absolute Gasteiger partial charge is 0.323 e. The van der Waals surface area contributed by atoms with Gasteiger partial charge in [0.15, 0.2) is 4.80 Å². The van der Waals surface area contributed by atoms with Gasteiger partial charge in [-0.2, -0.15) is 4.99 Å². The van der Waals surface area contributed by atoms with Crippen LogP contribution in [0.5, 0.6) is 0 Å². The number of fused-ring (bicyclic) bond motifs is 1. The predicted octanol–water partition coefficient (Wildman–Crippen LogP) is 2.95. The van der Waals surface area contributed by atoms with E-state index in [4.69, 9.17) is 0 Å². The van der Waals surface area contributed by atoms with Crippen molar-refractivity contribution in [2.75, 3.05) is 0 Å². The first-order chi connectivity index (χ1) is 11.5. The molecule has 1 amide bonds. The fourth-order valence-corrected chi connectivity index (χ4v) is 4.15. The van der Waals surface area contributed by atoms with E-state index in [2.05, 4.69) is 4.99 Å². The zero-order chi connectivity index (χ0) is 17.1. The molecule has 1 aromatic heterocycles. The maximum atomic E-state index is 12.4. The number of amides is 1. The molecule has 0 unspecified atom stereocenters. The average molecular weight is 344 g/mol. The number of benzene rings is 1. The van der Waals surface area contributed by atoms with Crippen LogP contribution in [0.2, 0.25) is 0 Å². The summed E-state index contributed by atoms with van der Waals surface area (Å²) in [5.74, 6) is -1.24. The monoisotopic (exact) mass is 344 g/mol. The summed E-state index contributed by atoms with van der Waals surface area (Å²) in [5, 5.41) is 9.22. The molecular weight excluding hydrogens is 324 g/mol. The Hall–Kier alpha value is -2.21. The molecule has 0 fully saturated rings. The molecule has 0 atom stereocenters. The van der Waals surface area contributed by atoms with Crippen LogP contribution < -0.4 is 4.80 Å². The zero-order valence-corrected chi connectivity index (χ0v) is 14.4. The summed E-state index contributed by atoms with van der Waals surface area (Å²) in [5.41, 5.74) is 2.64. The Kier molecular flexibility index (Phi) is 4.94. The van der Waals surface area contributed by atoms with Gasteiger partial charge in [0.05, 0.1) is 0 Å². The molecule has 0 radical (unpaired) electrons. The van der Waals surface area contributed by atoms with Crippen molar-refractivity contribution in [2.45, 2.75) is 45.6 Å². The van der Waals surface area contributed by atoms with Crippen LogP contribution in [0.15, 0.2) is 29.3 Å². The second kappa shape index (κ2) is 7.13. The molecule has 0 spiro atoms. The average Bonchev–Trinajstić information content (AvgIpc) is 2.72. The molecule has 6 heteroatoms. The largest absolute Gasteiger partial charge is 0.480 e. The molecule has 0 saturated carbocycles. The number of carboxylic acid groups (broad SMARTS) is 1. The van der Waals surface area contributed by atoms with Gasteiger partial charge in [0.25, 0.3) is 5.91 Å². The number of rotatable bonds is 3. The van der Waals surface area contributed by atoms with E-state index in [1.54, 1.807) is 16.7 Å². The molecule has 2 aromatic rings. The Morgan fingerprint density at radius 3 is 2.58 bits per heavy atom. The molecule has 24 heavy (non-hydrogen) atoms. The number of aliphatic carboxylic acids is 1. The SMILES string of the molecule is Cc1ccc(C(=O)/N=c2\sc3c(n2CC(=O)O)CCCCC3)cc1. The number of aromatic nitrogens is 1. The number of hydrogen-bond acceptors (Lipinski definition) is 3. The Balaban J connectivity index is 2.04. The van der Waals surface area contributed by atoms with Gasteiger partial charge in [-0.15, -0.1) is 11.3 Å². The van der Waals surface area contributed by atoms with Gasteiger partial charge >= 0.3 is 5.97 Å². The molecule has 1 aromatic carbocycles. The molecule has 0 bridgehead atoms. The first-order valence-corrected chi connectivity index (χ1v) is 8.95. The van der Waals surface area contributed by atoms with Crippen molar-refractivity contribution < 1.29 is 14.7 Å². The van der Waals surface area contributed by atoms with E-state index in [9.17, 15) is 14.7 Å². The first-order valence-electron chi connectivity index (χ1n) is 8.13. The standard InChI is InChI=1S/C18H20N2O3S/c1-12-7-9-13(10-8-12)17(23)19-18-20(11-16(21)22)14-5-3-2-4-6-15(14)24-18/h7-10H,2-6,11H2,1H3,(H,21,22)/b19-18-. The number of carboxylic acids is 1. The maximum absolute atomic E-state index is 12.4. The molecular formula is C18H20N2O3S. The third-order valence-electron chi connectivity index (χ3n) is 4.20. The molecule has 3 rings (SSSR count). The number of carbonyl (C=O) groups excluding carboxylic acids is 1. The summed E-state index contributed by atoms with van der Waals surface area (Å²) < 4.78 is 1.71. The van der Waals surface area contributed by atoms with Crippen LogP contribution in [0, 0.1) is 6.92 Å². The first kappa shape index (κ1) is 16.6. The Labute approximate surface area is 144 Å². The predicted molar refractivity (Wildman–Crippen MR) is 92.3 cm³/mol. The Morgan fingerprint density at radius 1 is 1.17 bits per heavy atom. The molecule has 1 aliphatic carbocycles. The Morgan fingerprint density at radius 2 is 1.88 bits per heavy atom. The van der Waals surface area contributed by atoms with Gasteiger partial charge in [-0.3, -0.25) is 9.59 Å². The third kappa shape index (κ3) is 3.64. The minimum atomic E-state index is -0.913. The van der Waals surface area contributed by atoms with Crippen molar-refractivity contribution in [1.29, 1.82) is 0 Å².